The van der Waals surface area contributed by atoms with Crippen molar-refractivity contribution in [1.29, 1.82) is 0 Å². The predicted molar refractivity (Wildman–Crippen MR) is 81.5 cm³/mol. The lowest BCUT2D eigenvalue weighted by Gasteiger charge is -2.32. The number of nitrogens with zero attached hydrogens (tertiary/aromatic N) is 1. The van der Waals surface area contributed by atoms with E-state index < -0.39 is 5.54 Å². The van der Waals surface area contributed by atoms with Crippen molar-refractivity contribution in [3.8, 4) is 0 Å². The highest BCUT2D eigenvalue weighted by Crippen LogP contribution is 2.19. The second-order valence-electron chi connectivity index (χ2n) is 5.30. The Morgan fingerprint density at radius 2 is 1.84 bits per heavy atom. The molecule has 0 bridgehead atoms. The van der Waals surface area contributed by atoms with E-state index in [0.717, 1.165) is 31.6 Å². The van der Waals surface area contributed by atoms with Gasteiger partial charge in [-0.05, 0) is 38.9 Å². The highest BCUT2D eigenvalue weighted by atomic mass is 16.2. The summed E-state index contributed by atoms with van der Waals surface area (Å²) in [6, 6.07) is 9.91. The zero-order valence-corrected chi connectivity index (χ0v) is 12.6. The lowest BCUT2D eigenvalue weighted by atomic mass is 10.0. The third kappa shape index (κ3) is 4.35. The van der Waals surface area contributed by atoms with Crippen LogP contribution in [0.15, 0.2) is 30.3 Å². The van der Waals surface area contributed by atoms with Crippen LogP contribution in [0, 0.1) is 0 Å². The summed E-state index contributed by atoms with van der Waals surface area (Å²) < 4.78 is 0. The summed E-state index contributed by atoms with van der Waals surface area (Å²) in [7, 11) is 0. The molecule has 0 aliphatic carbocycles. The fourth-order valence-corrected chi connectivity index (χ4v) is 2.13. The van der Waals surface area contributed by atoms with Crippen molar-refractivity contribution in [3.05, 3.63) is 30.3 Å². The molecule has 3 heteroatoms. The maximum atomic E-state index is 12.7. The van der Waals surface area contributed by atoms with Crippen LogP contribution < -0.4 is 10.2 Å². The minimum absolute atomic E-state index is 0.133. The van der Waals surface area contributed by atoms with Crippen molar-refractivity contribution in [2.45, 2.75) is 46.1 Å². The number of nitrogens with one attached hydrogen (secondary N) is 1. The van der Waals surface area contributed by atoms with Crippen LogP contribution in [-0.4, -0.2) is 24.5 Å². The molecule has 0 heterocycles. The molecule has 1 aromatic carbocycles. The van der Waals surface area contributed by atoms with Gasteiger partial charge >= 0.3 is 0 Å². The molecule has 0 atom stereocenters. The third-order valence-electron chi connectivity index (χ3n) is 3.20. The Hall–Kier alpha value is -1.35. The second-order valence-corrected chi connectivity index (χ2v) is 5.30. The van der Waals surface area contributed by atoms with E-state index in [1.807, 2.05) is 56.0 Å². The Kier molecular flexibility index (Phi) is 6.03. The van der Waals surface area contributed by atoms with Crippen LogP contribution in [0.5, 0.6) is 0 Å². The van der Waals surface area contributed by atoms with Crippen LogP contribution in [-0.2, 0) is 4.79 Å². The van der Waals surface area contributed by atoms with Crippen LogP contribution >= 0.6 is 0 Å². The van der Waals surface area contributed by atoms with Crippen molar-refractivity contribution in [3.63, 3.8) is 0 Å². The lowest BCUT2D eigenvalue weighted by molar-refractivity contribution is -0.123. The molecule has 19 heavy (non-hydrogen) atoms. The third-order valence-corrected chi connectivity index (χ3v) is 3.20. The SMILES string of the molecule is CCCCN(C(=O)C(C)(C)NCC)c1ccccc1. The van der Waals surface area contributed by atoms with E-state index >= 15 is 0 Å². The minimum Gasteiger partial charge on any atom is -0.311 e. The van der Waals surface area contributed by atoms with Gasteiger partial charge in [-0.25, -0.2) is 0 Å². The first-order valence-corrected chi connectivity index (χ1v) is 7.15. The number of carbonyl (C=O) groups excluding carboxylic acids is 1. The number of hydrogen-bond acceptors (Lipinski definition) is 2. The van der Waals surface area contributed by atoms with Gasteiger partial charge < -0.3 is 10.2 Å². The summed E-state index contributed by atoms with van der Waals surface area (Å²) in [6.07, 6.45) is 2.10. The highest BCUT2D eigenvalue weighted by Gasteiger charge is 2.31. The average Bonchev–Trinajstić information content (AvgIpc) is 2.40. The molecule has 3 nitrogen and oxygen atoms in total. The molecule has 0 unspecified atom stereocenters. The summed E-state index contributed by atoms with van der Waals surface area (Å²) in [4.78, 5) is 14.6. The quantitative estimate of drug-likeness (QED) is 0.818. The number of rotatable bonds is 7. The molecule has 106 valence electrons. The van der Waals surface area contributed by atoms with Gasteiger partial charge in [0.15, 0.2) is 0 Å². The summed E-state index contributed by atoms with van der Waals surface area (Å²) >= 11 is 0. The Bertz CT molecular complexity index is 387. The van der Waals surface area contributed by atoms with E-state index in [1.54, 1.807) is 0 Å². The maximum Gasteiger partial charge on any atom is 0.246 e. The monoisotopic (exact) mass is 262 g/mol. The van der Waals surface area contributed by atoms with E-state index in [2.05, 4.69) is 12.2 Å². The van der Waals surface area contributed by atoms with E-state index in [-0.39, 0.29) is 5.91 Å². The molecule has 0 fully saturated rings. The van der Waals surface area contributed by atoms with Crippen molar-refractivity contribution >= 4 is 11.6 Å². The van der Waals surface area contributed by atoms with Crippen molar-refractivity contribution in [1.82, 2.24) is 5.32 Å². The first kappa shape index (κ1) is 15.7. The first-order chi connectivity index (χ1) is 9.03. The number of hydrogen-bond donors (Lipinski definition) is 1. The number of amides is 1. The van der Waals surface area contributed by atoms with Crippen molar-refractivity contribution in [2.24, 2.45) is 0 Å². The first-order valence-electron chi connectivity index (χ1n) is 7.15. The topological polar surface area (TPSA) is 32.3 Å². The summed E-state index contributed by atoms with van der Waals surface area (Å²) in [5, 5.41) is 3.26. The maximum absolute atomic E-state index is 12.7. The normalized spacial score (nSPS) is 11.4. The Balaban J connectivity index is 2.94. The number of anilines is 1. The predicted octanol–water partition coefficient (Wildman–Crippen LogP) is 3.21. The van der Waals surface area contributed by atoms with Gasteiger partial charge in [-0.3, -0.25) is 4.79 Å². The van der Waals surface area contributed by atoms with Gasteiger partial charge in [-0.2, -0.15) is 0 Å². The van der Waals surface area contributed by atoms with Crippen LogP contribution in [0.3, 0.4) is 0 Å². The fourth-order valence-electron chi connectivity index (χ4n) is 2.13. The van der Waals surface area contributed by atoms with Crippen LogP contribution in [0.25, 0.3) is 0 Å². The highest BCUT2D eigenvalue weighted by molar-refractivity contribution is 5.99. The zero-order valence-electron chi connectivity index (χ0n) is 12.6. The van der Waals surface area contributed by atoms with Crippen molar-refractivity contribution < 1.29 is 4.79 Å². The van der Waals surface area contributed by atoms with E-state index in [9.17, 15) is 4.79 Å². The van der Waals surface area contributed by atoms with E-state index in [4.69, 9.17) is 0 Å². The molecule has 0 aliphatic rings. The molecular formula is C16H26N2O. The van der Waals surface area contributed by atoms with Gasteiger partial charge in [-0.15, -0.1) is 0 Å². The molecule has 1 amide bonds. The number of benzene rings is 1. The number of para-hydroxylation sites is 1. The van der Waals surface area contributed by atoms with E-state index in [0.29, 0.717) is 0 Å². The zero-order chi connectivity index (χ0) is 14.3. The van der Waals surface area contributed by atoms with Crippen molar-refractivity contribution in [2.75, 3.05) is 18.0 Å². The largest absolute Gasteiger partial charge is 0.311 e. The van der Waals surface area contributed by atoms with Crippen LogP contribution in [0.4, 0.5) is 5.69 Å². The molecule has 0 spiro atoms. The number of carbonyl (C=O) groups is 1. The van der Waals surface area contributed by atoms with Gasteiger partial charge in [0.2, 0.25) is 5.91 Å². The standard InChI is InChI=1S/C16H26N2O/c1-5-7-13-18(14-11-9-8-10-12-14)15(19)16(3,4)17-6-2/h8-12,17H,5-7,13H2,1-4H3. The molecule has 1 aromatic rings. The fraction of sp³-hybridized carbons (Fsp3) is 0.562. The molecule has 1 N–H and O–H groups in total. The molecule has 1 rings (SSSR count). The summed E-state index contributed by atoms with van der Waals surface area (Å²) in [5.74, 6) is 0.133. The Morgan fingerprint density at radius 1 is 1.21 bits per heavy atom. The summed E-state index contributed by atoms with van der Waals surface area (Å²) in [6.45, 7) is 9.61. The molecule has 0 saturated carbocycles. The molecule has 0 aromatic heterocycles. The Labute approximate surface area is 117 Å². The van der Waals surface area contributed by atoms with Gasteiger partial charge in [0, 0.05) is 12.2 Å². The summed E-state index contributed by atoms with van der Waals surface area (Å²) in [5.41, 5.74) is 0.449. The molecule has 0 aliphatic heterocycles. The Morgan fingerprint density at radius 3 is 2.37 bits per heavy atom. The average molecular weight is 262 g/mol. The van der Waals surface area contributed by atoms with Crippen LogP contribution in [0.1, 0.15) is 40.5 Å². The molecule has 0 saturated heterocycles. The minimum atomic E-state index is -0.529. The second kappa shape index (κ2) is 7.29. The number of likely N-dealkylation sites (N-methyl/N-ethyl adjacent to an activating group) is 1. The van der Waals surface area contributed by atoms with Gasteiger partial charge in [-0.1, -0.05) is 38.5 Å². The number of unbranched alkanes of at least 4 members (excludes halogenated alkanes) is 1. The lowest BCUT2D eigenvalue weighted by Crippen LogP contribution is -2.54. The smallest absolute Gasteiger partial charge is 0.246 e. The van der Waals surface area contributed by atoms with Gasteiger partial charge in [0.1, 0.15) is 0 Å². The van der Waals surface area contributed by atoms with E-state index in [1.165, 1.54) is 0 Å². The molecule has 0 radical (unpaired) electrons. The van der Waals surface area contributed by atoms with Gasteiger partial charge in [0.25, 0.3) is 0 Å². The van der Waals surface area contributed by atoms with Crippen LogP contribution in [0.2, 0.25) is 0 Å². The molecular weight excluding hydrogens is 236 g/mol. The van der Waals surface area contributed by atoms with Gasteiger partial charge in [0.05, 0.1) is 5.54 Å².